The van der Waals surface area contributed by atoms with Crippen LogP contribution in [-0.2, 0) is 15.2 Å². The highest BCUT2D eigenvalue weighted by Gasteiger charge is 2.33. The minimum Gasteiger partial charge on any atom is -0.483 e. The van der Waals surface area contributed by atoms with Crippen LogP contribution < -0.4 is 5.48 Å². The monoisotopic (exact) mass is 554 g/mol. The number of rotatable bonds is 11. The van der Waals surface area contributed by atoms with Crippen molar-refractivity contribution in [2.24, 2.45) is 0 Å². The van der Waals surface area contributed by atoms with E-state index in [1.165, 1.54) is 0 Å². The Morgan fingerprint density at radius 2 is 1.63 bits per heavy atom. The molecule has 1 aliphatic rings. The van der Waals surface area contributed by atoms with Crippen LogP contribution in [0.25, 0.3) is 5.76 Å². The Hall–Kier alpha value is -2.54. The first-order valence-electron chi connectivity index (χ1n) is 13.1. The number of halogens is 2. The van der Waals surface area contributed by atoms with Crippen molar-refractivity contribution in [1.82, 2.24) is 10.4 Å². The molecule has 4 rings (SSSR count). The molecule has 1 saturated heterocycles. The lowest BCUT2D eigenvalue weighted by Gasteiger charge is -2.38. The van der Waals surface area contributed by atoms with Crippen LogP contribution in [0.5, 0.6) is 0 Å². The fourth-order valence-corrected chi connectivity index (χ4v) is 5.21. The highest BCUT2D eigenvalue weighted by atomic mass is 35.5. The number of likely N-dealkylation sites (tertiary alicyclic amines) is 1. The molecule has 3 aromatic carbocycles. The van der Waals surface area contributed by atoms with Gasteiger partial charge < -0.3 is 14.7 Å². The smallest absolute Gasteiger partial charge is 0.148 e. The van der Waals surface area contributed by atoms with Gasteiger partial charge >= 0.3 is 0 Å². The van der Waals surface area contributed by atoms with Gasteiger partial charge in [0.25, 0.3) is 0 Å². The number of hydrogen-bond donors (Lipinski definition) is 2. The molecule has 1 heterocycles. The largest absolute Gasteiger partial charge is 0.483 e. The van der Waals surface area contributed by atoms with Crippen LogP contribution in [0.15, 0.2) is 84.6 Å². The number of nitrogens with zero attached hydrogens (tertiary/aromatic N) is 1. The number of hydroxylamine groups is 1. The molecule has 0 bridgehead atoms. The van der Waals surface area contributed by atoms with Crippen molar-refractivity contribution in [2.75, 3.05) is 26.7 Å². The lowest BCUT2D eigenvalue weighted by Crippen LogP contribution is -2.42. The molecule has 0 amide bonds. The quantitative estimate of drug-likeness (QED) is 0.191. The second-order valence-corrected chi connectivity index (χ2v) is 10.6. The lowest BCUT2D eigenvalue weighted by atomic mass is 9.84. The summed E-state index contributed by atoms with van der Waals surface area (Å²) in [5, 5.41) is 12.1. The topological polar surface area (TPSA) is 54.0 Å². The Morgan fingerprint density at radius 1 is 0.974 bits per heavy atom. The molecule has 202 valence electrons. The summed E-state index contributed by atoms with van der Waals surface area (Å²) in [4.78, 5) is 7.78. The molecule has 3 aromatic rings. The zero-order valence-corrected chi connectivity index (χ0v) is 23.5. The summed E-state index contributed by atoms with van der Waals surface area (Å²) in [5.41, 5.74) is 6.06. The molecule has 38 heavy (non-hydrogen) atoms. The molecule has 2 N–H and O–H groups in total. The van der Waals surface area contributed by atoms with Crippen molar-refractivity contribution >= 4 is 29.0 Å². The lowest BCUT2D eigenvalue weighted by molar-refractivity contribution is -0.0260. The fourth-order valence-electron chi connectivity index (χ4n) is 4.92. The van der Waals surface area contributed by atoms with Crippen LogP contribution in [0.2, 0.25) is 10.0 Å². The third kappa shape index (κ3) is 7.31. The second-order valence-electron chi connectivity index (χ2n) is 9.76. The molecule has 5 nitrogen and oxygen atoms in total. The minimum absolute atomic E-state index is 0.188. The zero-order valence-electron chi connectivity index (χ0n) is 22.0. The van der Waals surface area contributed by atoms with Crippen LogP contribution in [0, 0.1) is 0 Å². The van der Waals surface area contributed by atoms with Crippen LogP contribution in [-0.4, -0.2) is 36.8 Å². The maximum absolute atomic E-state index is 11.2. The van der Waals surface area contributed by atoms with Crippen molar-refractivity contribution in [3.8, 4) is 0 Å². The fraction of sp³-hybridized carbons (Fsp3) is 0.355. The predicted octanol–water partition coefficient (Wildman–Crippen LogP) is 7.35. The molecule has 1 atom stereocenters. The summed E-state index contributed by atoms with van der Waals surface area (Å²) in [6.45, 7) is 4.63. The number of aliphatic hydroxyl groups is 1. The summed E-state index contributed by atoms with van der Waals surface area (Å²) in [6, 6.07) is 25.6. The first-order chi connectivity index (χ1) is 18.4. The van der Waals surface area contributed by atoms with E-state index in [9.17, 15) is 5.11 Å². The number of nitrogens with one attached hydrogen (secondary N) is 1. The van der Waals surface area contributed by atoms with E-state index in [4.69, 9.17) is 32.8 Å². The molecular formula is C31H36Cl2N2O3. The Kier molecular flexibility index (Phi) is 10.1. The molecule has 1 unspecified atom stereocenters. The van der Waals surface area contributed by atoms with Gasteiger partial charge in [0.15, 0.2) is 0 Å². The molecular weight excluding hydrogens is 519 g/mol. The molecule has 1 aliphatic heterocycles. The van der Waals surface area contributed by atoms with Crippen LogP contribution >= 0.6 is 23.2 Å². The minimum atomic E-state index is -0.747. The molecule has 1 fully saturated rings. The van der Waals surface area contributed by atoms with Gasteiger partial charge in [0.1, 0.15) is 11.9 Å². The van der Waals surface area contributed by atoms with Gasteiger partial charge in [-0.3, -0.25) is 10.3 Å². The van der Waals surface area contributed by atoms with Crippen molar-refractivity contribution in [1.29, 1.82) is 0 Å². The van der Waals surface area contributed by atoms with Crippen LogP contribution in [0.1, 0.15) is 55.4 Å². The second kappa shape index (κ2) is 13.5. The molecule has 7 heteroatoms. The summed E-state index contributed by atoms with van der Waals surface area (Å²) in [6.07, 6.45) is 2.87. The van der Waals surface area contributed by atoms with Gasteiger partial charge in [-0.25, -0.2) is 0 Å². The highest BCUT2D eigenvalue weighted by molar-refractivity contribution is 6.42. The first kappa shape index (κ1) is 28.5. The van der Waals surface area contributed by atoms with Crippen molar-refractivity contribution in [3.63, 3.8) is 0 Å². The highest BCUT2D eigenvalue weighted by Crippen LogP contribution is 2.34. The van der Waals surface area contributed by atoms with Gasteiger partial charge in [0, 0.05) is 18.7 Å². The Bertz CT molecular complexity index is 1200. The molecule has 0 radical (unpaired) electrons. The standard InChI is InChI=1S/C31H36Cl2N2O3/c1-23(24-10-5-3-6-11-24)38-30(25-15-16-27(32)28(33)22-25)29(34-37-2)14-9-19-35-20-17-31(36,18-21-35)26-12-7-4-8-13-26/h3-8,10-13,15-16,22-23,34,36H,9,14,17-21H2,1-2H3. The van der Waals surface area contributed by atoms with E-state index >= 15 is 0 Å². The normalized spacial score (nSPS) is 17.0. The van der Waals surface area contributed by atoms with E-state index in [0.717, 1.165) is 61.3 Å². The summed E-state index contributed by atoms with van der Waals surface area (Å²) < 4.78 is 6.54. The van der Waals surface area contributed by atoms with E-state index in [1.54, 1.807) is 13.2 Å². The third-order valence-electron chi connectivity index (χ3n) is 7.14. The average Bonchev–Trinajstić information content (AvgIpc) is 2.95. The van der Waals surface area contributed by atoms with Gasteiger partial charge in [-0.1, -0.05) is 83.9 Å². The zero-order chi connectivity index (χ0) is 27.0. The van der Waals surface area contributed by atoms with Crippen molar-refractivity contribution < 1.29 is 14.7 Å². The Morgan fingerprint density at radius 3 is 2.26 bits per heavy atom. The first-order valence-corrected chi connectivity index (χ1v) is 13.8. The SMILES string of the molecule is CONC(CCCN1CCC(O)(c2ccccc2)CC1)=C(OC(C)c1ccccc1)c1ccc(Cl)c(Cl)c1. The summed E-state index contributed by atoms with van der Waals surface area (Å²) in [7, 11) is 1.60. The van der Waals surface area contributed by atoms with Gasteiger partial charge in [0.05, 0.1) is 28.5 Å². The summed E-state index contributed by atoms with van der Waals surface area (Å²) in [5.74, 6) is 0.680. The predicted molar refractivity (Wildman–Crippen MR) is 155 cm³/mol. The molecule has 0 aromatic heterocycles. The third-order valence-corrected chi connectivity index (χ3v) is 7.88. The van der Waals surface area contributed by atoms with Gasteiger partial charge in [-0.05, 0) is 68.5 Å². The van der Waals surface area contributed by atoms with E-state index in [1.807, 2.05) is 79.7 Å². The van der Waals surface area contributed by atoms with Gasteiger partial charge in [-0.15, -0.1) is 0 Å². The molecule has 0 spiro atoms. The average molecular weight is 556 g/mol. The number of allylic oxidation sites excluding steroid dienone is 1. The van der Waals surface area contributed by atoms with E-state index < -0.39 is 5.60 Å². The van der Waals surface area contributed by atoms with Crippen LogP contribution in [0.3, 0.4) is 0 Å². The number of piperidine rings is 1. The van der Waals surface area contributed by atoms with Crippen molar-refractivity contribution in [2.45, 2.75) is 44.3 Å². The van der Waals surface area contributed by atoms with Crippen LogP contribution in [0.4, 0.5) is 0 Å². The maximum Gasteiger partial charge on any atom is 0.148 e. The summed E-state index contributed by atoms with van der Waals surface area (Å²) >= 11 is 12.6. The number of hydrogen-bond acceptors (Lipinski definition) is 5. The maximum atomic E-state index is 11.2. The van der Waals surface area contributed by atoms with Gasteiger partial charge in [0.2, 0.25) is 0 Å². The number of ether oxygens (including phenoxy) is 1. The molecule has 0 saturated carbocycles. The van der Waals surface area contributed by atoms with E-state index in [2.05, 4.69) is 10.4 Å². The van der Waals surface area contributed by atoms with Gasteiger partial charge in [-0.2, -0.15) is 0 Å². The Balaban J connectivity index is 1.47. The van der Waals surface area contributed by atoms with E-state index in [0.29, 0.717) is 22.2 Å². The van der Waals surface area contributed by atoms with Crippen molar-refractivity contribution in [3.05, 3.63) is 111 Å². The van der Waals surface area contributed by atoms with E-state index in [-0.39, 0.29) is 6.10 Å². The number of benzene rings is 3. The Labute approximate surface area is 235 Å². The molecule has 0 aliphatic carbocycles.